The van der Waals surface area contributed by atoms with E-state index in [4.69, 9.17) is 23.2 Å². The van der Waals surface area contributed by atoms with Crippen LogP contribution in [0.2, 0.25) is 10.0 Å². The van der Waals surface area contributed by atoms with Gasteiger partial charge in [0, 0.05) is 25.8 Å². The molecule has 0 saturated carbocycles. The van der Waals surface area contributed by atoms with Gasteiger partial charge in [-0.25, -0.2) is 0 Å². The van der Waals surface area contributed by atoms with Gasteiger partial charge in [-0.1, -0.05) is 23.2 Å². The van der Waals surface area contributed by atoms with Crippen LogP contribution < -0.4 is 5.32 Å². The topological polar surface area (TPSA) is 12.0 Å². The van der Waals surface area contributed by atoms with Crippen LogP contribution in [0.4, 0.5) is 0 Å². The second-order valence-corrected chi connectivity index (χ2v) is 6.80. The van der Waals surface area contributed by atoms with Crippen LogP contribution in [0, 0.1) is 13.8 Å². The lowest BCUT2D eigenvalue weighted by molar-refractivity contribution is 0.602. The van der Waals surface area contributed by atoms with E-state index in [-0.39, 0.29) is 6.04 Å². The number of rotatable bonds is 4. The van der Waals surface area contributed by atoms with Gasteiger partial charge < -0.3 is 5.32 Å². The fourth-order valence-corrected chi connectivity index (χ4v) is 3.58. The summed E-state index contributed by atoms with van der Waals surface area (Å²) in [7, 11) is 1.98. The third-order valence-corrected chi connectivity index (χ3v) is 5.18. The Morgan fingerprint density at radius 3 is 2.53 bits per heavy atom. The molecule has 2 aromatic rings. The maximum Gasteiger partial charge on any atom is 0.0453 e. The molecular weight excluding hydrogens is 297 g/mol. The van der Waals surface area contributed by atoms with Crippen LogP contribution in [0.15, 0.2) is 24.3 Å². The molecule has 0 aliphatic rings. The molecule has 1 atom stereocenters. The van der Waals surface area contributed by atoms with E-state index in [1.807, 2.05) is 36.6 Å². The van der Waals surface area contributed by atoms with Gasteiger partial charge >= 0.3 is 0 Å². The number of likely N-dealkylation sites (N-methyl/N-ethyl adjacent to an activating group) is 1. The van der Waals surface area contributed by atoms with Crippen LogP contribution in [-0.2, 0) is 6.42 Å². The highest BCUT2D eigenvalue weighted by atomic mass is 35.5. The molecule has 0 aliphatic heterocycles. The highest BCUT2D eigenvalue weighted by molar-refractivity contribution is 7.12. The Morgan fingerprint density at radius 2 is 1.95 bits per heavy atom. The molecule has 102 valence electrons. The van der Waals surface area contributed by atoms with Crippen molar-refractivity contribution in [3.63, 3.8) is 0 Å². The van der Waals surface area contributed by atoms with Crippen molar-refractivity contribution in [1.29, 1.82) is 0 Å². The number of aryl methyl sites for hydroxylation is 2. The first-order valence-corrected chi connectivity index (χ1v) is 7.76. The summed E-state index contributed by atoms with van der Waals surface area (Å²) in [5, 5.41) is 4.87. The molecule has 0 fully saturated rings. The van der Waals surface area contributed by atoms with Crippen molar-refractivity contribution >= 4 is 34.5 Å². The van der Waals surface area contributed by atoms with Crippen molar-refractivity contribution in [3.8, 4) is 0 Å². The van der Waals surface area contributed by atoms with Gasteiger partial charge in [-0.3, -0.25) is 0 Å². The van der Waals surface area contributed by atoms with E-state index in [0.717, 1.165) is 22.0 Å². The molecule has 0 amide bonds. The van der Waals surface area contributed by atoms with Gasteiger partial charge in [0.15, 0.2) is 0 Å². The second kappa shape index (κ2) is 6.27. The summed E-state index contributed by atoms with van der Waals surface area (Å²) < 4.78 is 0. The van der Waals surface area contributed by atoms with Crippen molar-refractivity contribution in [2.75, 3.05) is 7.05 Å². The summed E-state index contributed by atoms with van der Waals surface area (Å²) >= 11 is 14.1. The lowest BCUT2D eigenvalue weighted by Crippen LogP contribution is -2.17. The average molecular weight is 314 g/mol. The number of hydrogen-bond donors (Lipinski definition) is 1. The Kier molecular flexibility index (Phi) is 4.91. The molecule has 0 radical (unpaired) electrons. The first kappa shape index (κ1) is 14.9. The van der Waals surface area contributed by atoms with Gasteiger partial charge in [-0.05, 0) is 62.7 Å². The van der Waals surface area contributed by atoms with Crippen molar-refractivity contribution in [1.82, 2.24) is 5.32 Å². The average Bonchev–Trinajstić information content (AvgIpc) is 2.70. The van der Waals surface area contributed by atoms with E-state index in [2.05, 4.69) is 25.2 Å². The minimum Gasteiger partial charge on any atom is -0.312 e. The standard InChI is InChI=1S/C15H17Cl2NS/c1-9-6-15(19-10(9)2)14(18-3)8-11-7-12(16)4-5-13(11)17/h4-7,14,18H,8H2,1-3H3. The predicted molar refractivity (Wildman–Crippen MR) is 85.8 cm³/mol. The zero-order valence-corrected chi connectivity index (χ0v) is 13.6. The van der Waals surface area contributed by atoms with Crippen LogP contribution in [0.1, 0.15) is 26.9 Å². The van der Waals surface area contributed by atoms with Crippen LogP contribution in [-0.4, -0.2) is 7.05 Å². The second-order valence-electron chi connectivity index (χ2n) is 4.67. The molecule has 1 N–H and O–H groups in total. The van der Waals surface area contributed by atoms with Crippen LogP contribution >= 0.6 is 34.5 Å². The van der Waals surface area contributed by atoms with Crippen molar-refractivity contribution < 1.29 is 0 Å². The minimum absolute atomic E-state index is 0.272. The Hall–Kier alpha value is -0.540. The Balaban J connectivity index is 2.26. The third kappa shape index (κ3) is 3.51. The molecule has 0 bridgehead atoms. The monoisotopic (exact) mass is 313 g/mol. The molecule has 1 aromatic heterocycles. The van der Waals surface area contributed by atoms with Crippen LogP contribution in [0.25, 0.3) is 0 Å². The maximum absolute atomic E-state index is 6.24. The minimum atomic E-state index is 0.272. The number of halogens is 2. The molecule has 1 aromatic carbocycles. The zero-order chi connectivity index (χ0) is 14.0. The van der Waals surface area contributed by atoms with E-state index in [1.54, 1.807) is 0 Å². The summed E-state index contributed by atoms with van der Waals surface area (Å²) in [5.74, 6) is 0. The third-order valence-electron chi connectivity index (χ3n) is 3.31. The van der Waals surface area contributed by atoms with Crippen molar-refractivity contribution in [2.24, 2.45) is 0 Å². The molecule has 0 spiro atoms. The molecule has 1 unspecified atom stereocenters. The molecular formula is C15H17Cl2NS. The summed E-state index contributed by atoms with van der Waals surface area (Å²) in [6.45, 7) is 4.30. The predicted octanol–water partition coefficient (Wildman–Crippen LogP) is 5.17. The maximum atomic E-state index is 6.24. The van der Waals surface area contributed by atoms with Gasteiger partial charge in [0.25, 0.3) is 0 Å². The number of hydrogen-bond acceptors (Lipinski definition) is 2. The quantitative estimate of drug-likeness (QED) is 0.820. The zero-order valence-electron chi connectivity index (χ0n) is 11.3. The number of thiophene rings is 1. The van der Waals surface area contributed by atoms with Gasteiger partial charge in [0.2, 0.25) is 0 Å². The van der Waals surface area contributed by atoms with Crippen LogP contribution in [0.5, 0.6) is 0 Å². The molecule has 0 aliphatic carbocycles. The molecule has 0 saturated heterocycles. The lowest BCUT2D eigenvalue weighted by atomic mass is 10.0. The van der Waals surface area contributed by atoms with Crippen LogP contribution in [0.3, 0.4) is 0 Å². The summed E-state index contributed by atoms with van der Waals surface area (Å²) in [4.78, 5) is 2.71. The fourth-order valence-electron chi connectivity index (χ4n) is 2.04. The van der Waals surface area contributed by atoms with E-state index < -0.39 is 0 Å². The molecule has 1 heterocycles. The highest BCUT2D eigenvalue weighted by Gasteiger charge is 2.15. The normalized spacial score (nSPS) is 12.7. The van der Waals surface area contributed by atoms with E-state index in [0.29, 0.717) is 0 Å². The number of nitrogens with one attached hydrogen (secondary N) is 1. The summed E-state index contributed by atoms with van der Waals surface area (Å²) in [6.07, 6.45) is 0.843. The molecule has 1 nitrogen and oxygen atoms in total. The first-order chi connectivity index (χ1) is 9.01. The molecule has 2 rings (SSSR count). The SMILES string of the molecule is CNC(Cc1cc(Cl)ccc1Cl)c1cc(C)c(C)s1. The van der Waals surface area contributed by atoms with Gasteiger partial charge in [0.1, 0.15) is 0 Å². The van der Waals surface area contributed by atoms with Crippen molar-refractivity contribution in [2.45, 2.75) is 26.3 Å². The highest BCUT2D eigenvalue weighted by Crippen LogP contribution is 2.31. The largest absolute Gasteiger partial charge is 0.312 e. The number of benzene rings is 1. The van der Waals surface area contributed by atoms with Gasteiger partial charge in [0.05, 0.1) is 0 Å². The lowest BCUT2D eigenvalue weighted by Gasteiger charge is -2.15. The van der Waals surface area contributed by atoms with E-state index in [1.165, 1.54) is 15.3 Å². The van der Waals surface area contributed by atoms with Gasteiger partial charge in [-0.15, -0.1) is 11.3 Å². The Bertz CT molecular complexity index is 558. The Labute approximate surface area is 128 Å². The first-order valence-electron chi connectivity index (χ1n) is 6.19. The van der Waals surface area contributed by atoms with Gasteiger partial charge in [-0.2, -0.15) is 0 Å². The summed E-state index contributed by atoms with van der Waals surface area (Å²) in [6, 6.07) is 8.15. The molecule has 4 heteroatoms. The smallest absolute Gasteiger partial charge is 0.0453 e. The molecule has 19 heavy (non-hydrogen) atoms. The van der Waals surface area contributed by atoms with Crippen molar-refractivity contribution in [3.05, 3.63) is 55.2 Å². The summed E-state index contributed by atoms with van der Waals surface area (Å²) in [5.41, 5.74) is 2.43. The van der Waals surface area contributed by atoms with E-state index >= 15 is 0 Å². The van der Waals surface area contributed by atoms with E-state index in [9.17, 15) is 0 Å². The Morgan fingerprint density at radius 1 is 1.21 bits per heavy atom. The fraction of sp³-hybridized carbons (Fsp3) is 0.333.